The molecule has 0 fully saturated rings. The number of nitrogens with zero attached hydrogens (tertiary/aromatic N) is 1. The van der Waals surface area contributed by atoms with E-state index in [2.05, 4.69) is 20.9 Å². The maximum Gasteiger partial charge on any atom is 0.182 e. The zero-order chi connectivity index (χ0) is 9.26. The maximum atomic E-state index is 9.24. The quantitative estimate of drug-likeness (QED) is 0.486. The molecule has 5 nitrogen and oxygen atoms in total. The largest absolute Gasteiger partial charge is 0.388 e. The molecule has 2 rings (SSSR count). The minimum Gasteiger partial charge on any atom is -0.388 e. The Kier molecular flexibility index (Phi) is 2.03. The molecule has 70 valence electrons. The van der Waals surface area contributed by atoms with Crippen molar-refractivity contribution in [2.75, 3.05) is 17.7 Å². The predicted molar refractivity (Wildman–Crippen MR) is 50.3 cm³/mol. The molecule has 1 aliphatic heterocycles. The first-order valence-corrected chi connectivity index (χ1v) is 4.15. The van der Waals surface area contributed by atoms with E-state index in [1.54, 1.807) is 6.20 Å². The molecule has 0 aromatic carbocycles. The zero-order valence-electron chi connectivity index (χ0n) is 7.33. The summed E-state index contributed by atoms with van der Waals surface area (Å²) in [6.07, 6.45) is 1.00. The Hall–Kier alpha value is -1.33. The van der Waals surface area contributed by atoms with Crippen LogP contribution in [0.1, 0.15) is 5.56 Å². The lowest BCUT2D eigenvalue weighted by Gasteiger charge is -2.24. The van der Waals surface area contributed by atoms with Crippen molar-refractivity contribution in [3.05, 3.63) is 17.8 Å². The Morgan fingerprint density at radius 1 is 1.69 bits per heavy atom. The van der Waals surface area contributed by atoms with Crippen molar-refractivity contribution in [2.45, 2.75) is 12.9 Å². The molecule has 0 saturated carbocycles. The van der Waals surface area contributed by atoms with Crippen molar-refractivity contribution in [2.24, 2.45) is 0 Å². The molecule has 0 bridgehead atoms. The average molecular weight is 180 g/mol. The van der Waals surface area contributed by atoms with Gasteiger partial charge in [-0.1, -0.05) is 0 Å². The zero-order valence-corrected chi connectivity index (χ0v) is 7.33. The van der Waals surface area contributed by atoms with E-state index in [9.17, 15) is 5.11 Å². The van der Waals surface area contributed by atoms with Crippen molar-refractivity contribution < 1.29 is 5.11 Å². The van der Waals surface area contributed by atoms with E-state index < -0.39 is 6.35 Å². The Balaban J connectivity index is 2.39. The molecule has 0 saturated heterocycles. The summed E-state index contributed by atoms with van der Waals surface area (Å²) < 4.78 is 0. The molecule has 1 aliphatic rings. The van der Waals surface area contributed by atoms with E-state index in [0.29, 0.717) is 6.54 Å². The second kappa shape index (κ2) is 3.20. The van der Waals surface area contributed by atoms with Gasteiger partial charge in [0.05, 0.1) is 0 Å². The van der Waals surface area contributed by atoms with Crippen LogP contribution in [-0.2, 0) is 6.54 Å². The minimum absolute atomic E-state index is 0.619. The fraction of sp³-hybridized carbons (Fsp3) is 0.375. The van der Waals surface area contributed by atoms with Gasteiger partial charge >= 0.3 is 0 Å². The molecule has 1 unspecified atom stereocenters. The highest BCUT2D eigenvalue weighted by Crippen LogP contribution is 2.24. The van der Waals surface area contributed by atoms with Crippen LogP contribution < -0.4 is 16.0 Å². The maximum absolute atomic E-state index is 9.24. The van der Waals surface area contributed by atoms with Crippen LogP contribution in [0.4, 0.5) is 11.5 Å². The second-order valence-corrected chi connectivity index (χ2v) is 2.86. The summed E-state index contributed by atoms with van der Waals surface area (Å²) in [5.41, 5.74) is 2.08. The first kappa shape index (κ1) is 8.28. The highest BCUT2D eigenvalue weighted by atomic mass is 16.3. The van der Waals surface area contributed by atoms with Crippen LogP contribution >= 0.6 is 0 Å². The number of nitrogens with one attached hydrogen (secondary N) is 3. The van der Waals surface area contributed by atoms with Gasteiger partial charge in [0.1, 0.15) is 5.82 Å². The van der Waals surface area contributed by atoms with Crippen LogP contribution in [-0.4, -0.2) is 23.5 Å². The van der Waals surface area contributed by atoms with Crippen molar-refractivity contribution in [3.8, 4) is 0 Å². The number of rotatable bonds is 1. The molecular formula is C8H12N4O. The number of hydrogen-bond acceptors (Lipinski definition) is 5. The lowest BCUT2D eigenvalue weighted by molar-refractivity contribution is 0.158. The lowest BCUT2D eigenvalue weighted by Crippen LogP contribution is -2.40. The van der Waals surface area contributed by atoms with E-state index in [1.165, 1.54) is 0 Å². The number of fused-ring (bicyclic) bond motifs is 1. The molecule has 0 spiro atoms. The van der Waals surface area contributed by atoms with Gasteiger partial charge < -0.3 is 15.7 Å². The van der Waals surface area contributed by atoms with Crippen LogP contribution in [0.25, 0.3) is 0 Å². The van der Waals surface area contributed by atoms with E-state index in [1.807, 2.05) is 13.1 Å². The van der Waals surface area contributed by atoms with Crippen molar-refractivity contribution >= 4 is 11.5 Å². The van der Waals surface area contributed by atoms with Gasteiger partial charge in [-0.15, -0.1) is 0 Å². The molecule has 13 heavy (non-hydrogen) atoms. The fourth-order valence-corrected chi connectivity index (χ4v) is 1.41. The highest BCUT2D eigenvalue weighted by Gasteiger charge is 2.17. The van der Waals surface area contributed by atoms with Crippen LogP contribution in [0.15, 0.2) is 12.3 Å². The minimum atomic E-state index is -0.702. The van der Waals surface area contributed by atoms with E-state index in [4.69, 9.17) is 0 Å². The summed E-state index contributed by atoms with van der Waals surface area (Å²) in [6, 6.07) is 1.90. The van der Waals surface area contributed by atoms with E-state index in [0.717, 1.165) is 17.1 Å². The molecule has 2 heterocycles. The fourth-order valence-electron chi connectivity index (χ4n) is 1.41. The summed E-state index contributed by atoms with van der Waals surface area (Å²) in [6.45, 7) is 0.619. The van der Waals surface area contributed by atoms with Crippen LogP contribution in [0.3, 0.4) is 0 Å². The first-order valence-electron chi connectivity index (χ1n) is 4.15. The molecule has 5 heteroatoms. The summed E-state index contributed by atoms with van der Waals surface area (Å²) in [4.78, 5) is 4.13. The Bertz CT molecular complexity index is 315. The molecule has 1 atom stereocenters. The normalized spacial score (nSPS) is 20.3. The second-order valence-electron chi connectivity index (χ2n) is 2.86. The summed E-state index contributed by atoms with van der Waals surface area (Å²) in [5, 5.41) is 18.0. The van der Waals surface area contributed by atoms with Crippen molar-refractivity contribution in [3.63, 3.8) is 0 Å². The van der Waals surface area contributed by atoms with Crippen LogP contribution in [0.2, 0.25) is 0 Å². The van der Waals surface area contributed by atoms with Crippen molar-refractivity contribution in [1.29, 1.82) is 0 Å². The van der Waals surface area contributed by atoms with Gasteiger partial charge in [0.25, 0.3) is 0 Å². The molecule has 0 amide bonds. The summed E-state index contributed by atoms with van der Waals surface area (Å²) in [7, 11) is 1.86. The van der Waals surface area contributed by atoms with Crippen LogP contribution in [0, 0.1) is 0 Å². The SMILES string of the molecule is CNc1ccnc2c1CNC(O)N2. The number of pyridine rings is 1. The van der Waals surface area contributed by atoms with Gasteiger partial charge in [0, 0.05) is 31.0 Å². The van der Waals surface area contributed by atoms with Crippen molar-refractivity contribution in [1.82, 2.24) is 10.3 Å². The standard InChI is InChI=1S/C8H12N4O/c1-9-6-2-3-10-7-5(6)4-11-8(13)12-7/h2-3,8,11,13H,4H2,1H3,(H2,9,10,12). The number of aromatic nitrogens is 1. The molecule has 1 aromatic rings. The van der Waals surface area contributed by atoms with Crippen LogP contribution in [0.5, 0.6) is 0 Å². The molecule has 1 aromatic heterocycles. The number of anilines is 2. The average Bonchev–Trinajstić information content (AvgIpc) is 2.16. The topological polar surface area (TPSA) is 69.2 Å². The van der Waals surface area contributed by atoms with Gasteiger partial charge in [0.2, 0.25) is 0 Å². The monoisotopic (exact) mass is 180 g/mol. The highest BCUT2D eigenvalue weighted by molar-refractivity contribution is 5.62. The molecular weight excluding hydrogens is 168 g/mol. The smallest absolute Gasteiger partial charge is 0.182 e. The third-order valence-electron chi connectivity index (χ3n) is 2.07. The van der Waals surface area contributed by atoms with Gasteiger partial charge in [-0.25, -0.2) is 4.98 Å². The number of aliphatic hydroxyl groups is 1. The summed E-state index contributed by atoms with van der Waals surface area (Å²) in [5.74, 6) is 0.734. The number of aliphatic hydroxyl groups excluding tert-OH is 1. The summed E-state index contributed by atoms with van der Waals surface area (Å²) >= 11 is 0. The molecule has 0 radical (unpaired) electrons. The number of hydrogen-bond donors (Lipinski definition) is 4. The lowest BCUT2D eigenvalue weighted by atomic mass is 10.2. The predicted octanol–water partition coefficient (Wildman–Crippen LogP) is -0.0857. The molecule has 0 aliphatic carbocycles. The van der Waals surface area contributed by atoms with E-state index in [-0.39, 0.29) is 0 Å². The Labute approximate surface area is 76.2 Å². The molecule has 4 N–H and O–H groups in total. The third kappa shape index (κ3) is 1.43. The van der Waals surface area contributed by atoms with E-state index >= 15 is 0 Å². The van der Waals surface area contributed by atoms with Gasteiger partial charge in [-0.2, -0.15) is 0 Å². The third-order valence-corrected chi connectivity index (χ3v) is 2.07. The Morgan fingerprint density at radius 2 is 2.54 bits per heavy atom. The van der Waals surface area contributed by atoms with Gasteiger partial charge in [-0.3, -0.25) is 5.32 Å². The Morgan fingerprint density at radius 3 is 3.31 bits per heavy atom. The first-order chi connectivity index (χ1) is 6.31. The van der Waals surface area contributed by atoms with Gasteiger partial charge in [0.15, 0.2) is 6.35 Å². The van der Waals surface area contributed by atoms with Gasteiger partial charge in [-0.05, 0) is 6.07 Å².